The molecule has 7 nitrogen and oxygen atoms in total. The van der Waals surface area contributed by atoms with Gasteiger partial charge in [0.2, 0.25) is 0 Å². The number of fused-ring (bicyclic) bond motifs is 1. The fourth-order valence-corrected chi connectivity index (χ4v) is 5.83. The first-order valence-electron chi connectivity index (χ1n) is 12.8. The van der Waals surface area contributed by atoms with Crippen LogP contribution in [0.2, 0.25) is 0 Å². The van der Waals surface area contributed by atoms with Gasteiger partial charge in [-0.25, -0.2) is 0 Å². The van der Waals surface area contributed by atoms with Gasteiger partial charge in [0.05, 0.1) is 13.2 Å². The van der Waals surface area contributed by atoms with Gasteiger partial charge in [-0.3, -0.25) is 9.69 Å². The van der Waals surface area contributed by atoms with Crippen molar-refractivity contribution >= 4 is 21.7 Å². The van der Waals surface area contributed by atoms with Gasteiger partial charge in [0, 0.05) is 31.5 Å². The lowest BCUT2D eigenvalue weighted by Crippen LogP contribution is -2.49. The predicted octanol–water partition coefficient (Wildman–Crippen LogP) is 4.98. The number of benzene rings is 3. The average molecular weight is 534 g/mol. The van der Waals surface area contributed by atoms with Crippen molar-refractivity contribution in [2.75, 3.05) is 26.2 Å². The van der Waals surface area contributed by atoms with E-state index in [-0.39, 0.29) is 23.2 Å². The zero-order valence-corrected chi connectivity index (χ0v) is 22.4. The summed E-state index contributed by atoms with van der Waals surface area (Å²) in [4.78, 5) is 14.1. The number of likely N-dealkylation sites (tertiary alicyclic amines) is 1. The second kappa shape index (κ2) is 10.6. The minimum atomic E-state index is -3.93. The first kappa shape index (κ1) is 26.0. The maximum Gasteiger partial charge on any atom is 0.339 e. The molecule has 3 aromatic rings. The molecule has 2 aliphatic rings. The molecule has 8 heteroatoms. The third-order valence-corrected chi connectivity index (χ3v) is 8.20. The Morgan fingerprint density at radius 1 is 0.974 bits per heavy atom. The summed E-state index contributed by atoms with van der Waals surface area (Å²) in [6.45, 7) is 5.80. The van der Waals surface area contributed by atoms with Crippen LogP contribution >= 0.6 is 0 Å². The maximum absolute atomic E-state index is 12.7. The molecule has 198 valence electrons. The molecule has 3 aromatic carbocycles. The van der Waals surface area contributed by atoms with Crippen molar-refractivity contribution in [1.29, 1.82) is 0 Å². The normalized spacial score (nSPS) is 16.7. The van der Waals surface area contributed by atoms with E-state index in [0.29, 0.717) is 19.7 Å². The summed E-state index contributed by atoms with van der Waals surface area (Å²) in [7, 11) is -3.93. The Morgan fingerprint density at radius 2 is 1.66 bits per heavy atom. The summed E-state index contributed by atoms with van der Waals surface area (Å²) in [5.74, 6) is 0.852. The molecule has 0 aromatic heterocycles. The predicted molar refractivity (Wildman–Crippen MR) is 145 cm³/mol. The molecule has 0 saturated carbocycles. The molecule has 1 fully saturated rings. The Hall–Kier alpha value is -3.62. The van der Waals surface area contributed by atoms with Crippen molar-refractivity contribution < 1.29 is 26.9 Å². The molecule has 2 aliphatic heterocycles. The zero-order chi connectivity index (χ0) is 26.8. The minimum absolute atomic E-state index is 0.115. The summed E-state index contributed by atoms with van der Waals surface area (Å²) in [5.41, 5.74) is 3.43. The Balaban J connectivity index is 1.37. The van der Waals surface area contributed by atoms with Crippen molar-refractivity contribution in [2.24, 2.45) is 0 Å². The van der Waals surface area contributed by atoms with Crippen molar-refractivity contribution in [3.8, 4) is 11.5 Å². The number of piperidine rings is 1. The van der Waals surface area contributed by atoms with Crippen LogP contribution in [0.5, 0.6) is 11.5 Å². The fourth-order valence-electron chi connectivity index (χ4n) is 4.90. The number of aryl methyl sites for hydroxylation is 1. The van der Waals surface area contributed by atoms with Crippen LogP contribution in [0.3, 0.4) is 0 Å². The molecule has 0 amide bonds. The van der Waals surface area contributed by atoms with Gasteiger partial charge in [-0.15, -0.1) is 0 Å². The number of hydrogen-bond acceptors (Lipinski definition) is 7. The van der Waals surface area contributed by atoms with Crippen molar-refractivity contribution in [3.63, 3.8) is 0 Å². The SMILES string of the molecule is CCOC(=O)CN1CCC2(C=C(c3ccc(OS(=O)(=O)c4ccc(C)cc4)cc3)c3ccccc3O2)CC1. The van der Waals surface area contributed by atoms with E-state index >= 15 is 0 Å². The Bertz CT molecular complexity index is 1440. The number of ether oxygens (including phenoxy) is 2. The molecular formula is C30H31NO6S. The minimum Gasteiger partial charge on any atom is -0.482 e. The van der Waals surface area contributed by atoms with Gasteiger partial charge >= 0.3 is 16.1 Å². The highest BCUT2D eigenvalue weighted by molar-refractivity contribution is 7.87. The molecule has 0 aliphatic carbocycles. The summed E-state index contributed by atoms with van der Waals surface area (Å²) in [6, 6.07) is 21.6. The second-order valence-corrected chi connectivity index (χ2v) is 11.2. The van der Waals surface area contributed by atoms with Gasteiger partial charge in [-0.05, 0) is 61.4 Å². The largest absolute Gasteiger partial charge is 0.482 e. The van der Waals surface area contributed by atoms with Crippen LogP contribution in [0, 0.1) is 6.92 Å². The number of para-hydroxylation sites is 1. The average Bonchev–Trinajstić information content (AvgIpc) is 2.90. The van der Waals surface area contributed by atoms with E-state index in [1.165, 1.54) is 0 Å². The summed E-state index contributed by atoms with van der Waals surface area (Å²) in [6.07, 6.45) is 3.65. The monoisotopic (exact) mass is 533 g/mol. The number of rotatable bonds is 7. The highest BCUT2D eigenvalue weighted by atomic mass is 32.2. The van der Waals surface area contributed by atoms with E-state index < -0.39 is 15.7 Å². The second-order valence-electron chi connectivity index (χ2n) is 9.68. The van der Waals surface area contributed by atoms with Gasteiger partial charge < -0.3 is 13.7 Å². The lowest BCUT2D eigenvalue weighted by molar-refractivity contribution is -0.145. The van der Waals surface area contributed by atoms with Crippen LogP contribution in [0.25, 0.3) is 5.57 Å². The zero-order valence-electron chi connectivity index (χ0n) is 21.6. The number of hydrogen-bond donors (Lipinski definition) is 0. The van der Waals surface area contributed by atoms with E-state index in [1.54, 1.807) is 36.4 Å². The first-order chi connectivity index (χ1) is 18.3. The van der Waals surface area contributed by atoms with Gasteiger partial charge in [0.15, 0.2) is 0 Å². The van der Waals surface area contributed by atoms with E-state index in [1.807, 2.05) is 50.2 Å². The molecule has 1 saturated heterocycles. The highest BCUT2D eigenvalue weighted by Crippen LogP contribution is 2.43. The first-order valence-corrected chi connectivity index (χ1v) is 14.2. The van der Waals surface area contributed by atoms with Gasteiger partial charge in [-0.1, -0.05) is 48.0 Å². The molecule has 0 unspecified atom stereocenters. The smallest absolute Gasteiger partial charge is 0.339 e. The fraction of sp³-hybridized carbons (Fsp3) is 0.300. The van der Waals surface area contributed by atoms with Gasteiger partial charge in [-0.2, -0.15) is 8.42 Å². The van der Waals surface area contributed by atoms with Crippen molar-refractivity contribution in [2.45, 2.75) is 37.2 Å². The van der Waals surface area contributed by atoms with E-state index in [4.69, 9.17) is 13.7 Å². The molecule has 2 heterocycles. The highest BCUT2D eigenvalue weighted by Gasteiger charge is 2.39. The quantitative estimate of drug-likeness (QED) is 0.313. The third-order valence-electron chi connectivity index (χ3n) is 6.94. The number of nitrogens with zero attached hydrogens (tertiary/aromatic N) is 1. The molecule has 0 atom stereocenters. The summed E-state index contributed by atoms with van der Waals surface area (Å²) >= 11 is 0. The molecular weight excluding hydrogens is 502 g/mol. The summed E-state index contributed by atoms with van der Waals surface area (Å²) in [5, 5.41) is 0. The topological polar surface area (TPSA) is 82.1 Å². The lowest BCUT2D eigenvalue weighted by Gasteiger charge is -2.43. The summed E-state index contributed by atoms with van der Waals surface area (Å²) < 4.78 is 42.5. The molecule has 38 heavy (non-hydrogen) atoms. The Kier molecular flexibility index (Phi) is 7.27. The molecule has 0 bridgehead atoms. The van der Waals surface area contributed by atoms with Crippen LogP contribution in [0.1, 0.15) is 36.5 Å². The number of esters is 1. The molecule has 5 rings (SSSR count). The third kappa shape index (κ3) is 5.61. The van der Waals surface area contributed by atoms with Gasteiger partial charge in [0.1, 0.15) is 22.0 Å². The van der Waals surface area contributed by atoms with Crippen LogP contribution in [0.15, 0.2) is 83.8 Å². The van der Waals surface area contributed by atoms with Crippen LogP contribution < -0.4 is 8.92 Å². The number of carbonyl (C=O) groups excluding carboxylic acids is 1. The Labute approximate surface area is 223 Å². The Morgan fingerprint density at radius 3 is 2.34 bits per heavy atom. The van der Waals surface area contributed by atoms with E-state index in [9.17, 15) is 13.2 Å². The standard InChI is InChI=1S/C30H31NO6S/c1-3-35-29(32)21-31-18-16-30(17-19-31)20-27(26-6-4-5-7-28(26)36-30)23-10-12-24(13-11-23)37-38(33,34)25-14-8-22(2)9-15-25/h4-15,20H,3,16-19,21H2,1-2H3. The molecule has 1 spiro atoms. The lowest BCUT2D eigenvalue weighted by atomic mass is 9.83. The van der Waals surface area contributed by atoms with E-state index in [0.717, 1.165) is 40.9 Å². The van der Waals surface area contributed by atoms with Crippen LogP contribution in [-0.2, 0) is 19.6 Å². The van der Waals surface area contributed by atoms with Crippen LogP contribution in [-0.4, -0.2) is 51.1 Å². The molecule has 0 N–H and O–H groups in total. The molecule has 0 radical (unpaired) electrons. The van der Waals surface area contributed by atoms with Gasteiger partial charge in [0.25, 0.3) is 0 Å². The number of carbonyl (C=O) groups is 1. The van der Waals surface area contributed by atoms with E-state index in [2.05, 4.69) is 11.0 Å². The van der Waals surface area contributed by atoms with Crippen molar-refractivity contribution in [3.05, 3.63) is 95.6 Å². The maximum atomic E-state index is 12.7. The van der Waals surface area contributed by atoms with Crippen LogP contribution in [0.4, 0.5) is 0 Å². The van der Waals surface area contributed by atoms with Crippen molar-refractivity contribution in [1.82, 2.24) is 4.90 Å².